The summed E-state index contributed by atoms with van der Waals surface area (Å²) in [5, 5.41) is 9.36. The van der Waals surface area contributed by atoms with Gasteiger partial charge in [-0.3, -0.25) is 14.4 Å². The molecule has 4 rings (SSSR count). The molecule has 0 spiro atoms. The Morgan fingerprint density at radius 2 is 1.68 bits per heavy atom. The molecule has 37 heavy (non-hydrogen) atoms. The molecule has 2 aromatic carbocycles. The number of hydrogen-bond acceptors (Lipinski definition) is 3. The van der Waals surface area contributed by atoms with Gasteiger partial charge in [0.15, 0.2) is 0 Å². The van der Waals surface area contributed by atoms with Crippen LogP contribution in [0.1, 0.15) is 93.6 Å². The zero-order valence-corrected chi connectivity index (χ0v) is 22.6. The third kappa shape index (κ3) is 5.58. The zero-order chi connectivity index (χ0) is 26.7. The Hall–Kier alpha value is -3.15. The highest BCUT2D eigenvalue weighted by atomic mass is 16.4. The molecule has 0 unspecified atom stereocenters. The highest BCUT2D eigenvalue weighted by Crippen LogP contribution is 2.41. The number of carbonyl (C=O) groups excluding carboxylic acids is 2. The smallest absolute Gasteiger partial charge is 0.309 e. The van der Waals surface area contributed by atoms with Gasteiger partial charge in [-0.2, -0.15) is 0 Å². The molecule has 2 aliphatic rings. The topological polar surface area (TPSA) is 77.9 Å². The summed E-state index contributed by atoms with van der Waals surface area (Å²) in [6, 6.07) is 15.6. The molecule has 0 aromatic heterocycles. The van der Waals surface area contributed by atoms with Crippen molar-refractivity contribution in [2.24, 2.45) is 5.41 Å². The number of carboxylic acids is 1. The molecule has 1 aliphatic heterocycles. The summed E-state index contributed by atoms with van der Waals surface area (Å²) in [7, 11) is 0. The van der Waals surface area contributed by atoms with Crippen LogP contribution in [-0.2, 0) is 16.0 Å². The number of hydrogen-bond donors (Lipinski definition) is 1. The van der Waals surface area contributed by atoms with E-state index in [9.17, 15) is 19.5 Å². The Balaban J connectivity index is 1.54. The second-order valence-electron chi connectivity index (χ2n) is 11.3. The first-order chi connectivity index (χ1) is 17.6. The van der Waals surface area contributed by atoms with Crippen LogP contribution in [0.15, 0.2) is 48.5 Å². The maximum Gasteiger partial charge on any atom is 0.309 e. The number of para-hydroxylation sites is 1. The number of amides is 2. The fourth-order valence-electron chi connectivity index (χ4n) is 5.88. The third-order valence-electron chi connectivity index (χ3n) is 8.31. The summed E-state index contributed by atoms with van der Waals surface area (Å²) in [5.74, 6) is -0.934. The van der Waals surface area contributed by atoms with Gasteiger partial charge in [-0.15, -0.1) is 0 Å². The second-order valence-corrected chi connectivity index (χ2v) is 11.3. The van der Waals surface area contributed by atoms with Gasteiger partial charge in [-0.25, -0.2) is 0 Å². The Morgan fingerprint density at radius 1 is 1.03 bits per heavy atom. The molecule has 6 heteroatoms. The number of likely N-dealkylation sites (N-methyl/N-ethyl adjacent to an activating group) is 1. The number of benzene rings is 2. The highest BCUT2D eigenvalue weighted by molar-refractivity contribution is 6.08. The van der Waals surface area contributed by atoms with E-state index in [2.05, 4.69) is 11.8 Å². The first-order valence-corrected chi connectivity index (χ1v) is 13.7. The Morgan fingerprint density at radius 3 is 2.30 bits per heavy atom. The lowest BCUT2D eigenvalue weighted by molar-refractivity contribution is -0.147. The van der Waals surface area contributed by atoms with Crippen molar-refractivity contribution in [2.75, 3.05) is 11.4 Å². The minimum Gasteiger partial charge on any atom is -0.481 e. The van der Waals surface area contributed by atoms with Gasteiger partial charge in [-0.05, 0) is 89.1 Å². The molecular weight excluding hydrogens is 464 g/mol. The number of carboxylic acid groups (broad SMARTS) is 1. The van der Waals surface area contributed by atoms with Gasteiger partial charge in [0.1, 0.15) is 0 Å². The van der Waals surface area contributed by atoms with E-state index in [-0.39, 0.29) is 23.8 Å². The van der Waals surface area contributed by atoms with E-state index in [4.69, 9.17) is 0 Å². The normalized spacial score (nSPS) is 19.9. The zero-order valence-electron chi connectivity index (χ0n) is 22.6. The van der Waals surface area contributed by atoms with Crippen molar-refractivity contribution >= 4 is 23.5 Å². The Labute approximate surface area is 220 Å². The highest BCUT2D eigenvalue weighted by Gasteiger charge is 2.40. The summed E-state index contributed by atoms with van der Waals surface area (Å²) in [6.07, 6.45) is 6.30. The van der Waals surface area contributed by atoms with Crippen molar-refractivity contribution < 1.29 is 19.5 Å². The Bertz CT molecular complexity index is 1130. The first-order valence-electron chi connectivity index (χ1n) is 13.7. The minimum atomic E-state index is -0.806. The standard InChI is InChI=1S/C31H40N2O4/c1-5-32(24-10-6-7-11-24)29(35)26-20-21(2)33(27-13-9-8-12-25(26)27)28(34)23-16-14-22(15-17-23)18-19-31(3,4)30(36)37/h8-9,12-17,21,24,26H,5-7,10-11,18-20H2,1-4H3,(H,36,37)/t21-,26-/m0/s1. The van der Waals surface area contributed by atoms with Gasteiger partial charge in [0, 0.05) is 29.9 Å². The number of fused-ring (bicyclic) bond motifs is 1. The summed E-state index contributed by atoms with van der Waals surface area (Å²) in [6.45, 7) is 8.27. The number of anilines is 1. The molecule has 6 nitrogen and oxygen atoms in total. The molecule has 1 saturated carbocycles. The number of aliphatic carboxylic acids is 1. The molecule has 1 heterocycles. The van der Waals surface area contributed by atoms with Gasteiger partial charge in [0.05, 0.1) is 11.3 Å². The van der Waals surface area contributed by atoms with Crippen molar-refractivity contribution in [3.63, 3.8) is 0 Å². The van der Waals surface area contributed by atoms with E-state index in [0.717, 1.165) is 36.2 Å². The molecule has 0 bridgehead atoms. The largest absolute Gasteiger partial charge is 0.481 e. The molecule has 1 aliphatic carbocycles. The molecule has 1 N–H and O–H groups in total. The molecular formula is C31H40N2O4. The van der Waals surface area contributed by atoms with Gasteiger partial charge in [0.25, 0.3) is 5.91 Å². The van der Waals surface area contributed by atoms with Crippen LogP contribution < -0.4 is 4.90 Å². The van der Waals surface area contributed by atoms with Gasteiger partial charge in [0.2, 0.25) is 5.91 Å². The van der Waals surface area contributed by atoms with Gasteiger partial charge in [-0.1, -0.05) is 43.2 Å². The Kier molecular flexibility index (Phi) is 8.05. The van der Waals surface area contributed by atoms with Crippen LogP contribution in [0.5, 0.6) is 0 Å². The molecule has 198 valence electrons. The van der Waals surface area contributed by atoms with Crippen LogP contribution >= 0.6 is 0 Å². The third-order valence-corrected chi connectivity index (χ3v) is 8.31. The van der Waals surface area contributed by atoms with Crippen LogP contribution in [0.3, 0.4) is 0 Å². The van der Waals surface area contributed by atoms with Crippen molar-refractivity contribution in [1.82, 2.24) is 4.90 Å². The maximum atomic E-state index is 13.8. The number of rotatable bonds is 8. The average molecular weight is 505 g/mol. The van der Waals surface area contributed by atoms with Crippen molar-refractivity contribution in [1.29, 1.82) is 0 Å². The summed E-state index contributed by atoms with van der Waals surface area (Å²) >= 11 is 0. The lowest BCUT2D eigenvalue weighted by Gasteiger charge is -2.41. The predicted octanol–water partition coefficient (Wildman–Crippen LogP) is 6.04. The van der Waals surface area contributed by atoms with E-state index in [0.29, 0.717) is 30.9 Å². The quantitative estimate of drug-likeness (QED) is 0.475. The van der Waals surface area contributed by atoms with E-state index >= 15 is 0 Å². The van der Waals surface area contributed by atoms with E-state index in [1.165, 1.54) is 12.8 Å². The fraction of sp³-hybridized carbons (Fsp3) is 0.516. The number of nitrogens with zero attached hydrogens (tertiary/aromatic N) is 2. The van der Waals surface area contributed by atoms with Gasteiger partial charge < -0.3 is 14.9 Å². The molecule has 0 radical (unpaired) electrons. The number of carbonyl (C=O) groups is 3. The van der Waals surface area contributed by atoms with Crippen LogP contribution in [0.4, 0.5) is 5.69 Å². The lowest BCUT2D eigenvalue weighted by Crippen LogP contribution is -2.48. The average Bonchev–Trinajstić information content (AvgIpc) is 3.42. The maximum absolute atomic E-state index is 13.8. The van der Waals surface area contributed by atoms with Crippen molar-refractivity contribution in [3.05, 3.63) is 65.2 Å². The summed E-state index contributed by atoms with van der Waals surface area (Å²) < 4.78 is 0. The predicted molar refractivity (Wildman–Crippen MR) is 146 cm³/mol. The second kappa shape index (κ2) is 11.1. The number of aryl methyl sites for hydroxylation is 1. The monoisotopic (exact) mass is 504 g/mol. The van der Waals surface area contributed by atoms with E-state index < -0.39 is 11.4 Å². The SMILES string of the molecule is CCN(C(=O)[C@H]1C[C@H](C)N(C(=O)c2ccc(CCC(C)(C)C(=O)O)cc2)c2ccccc21)C1CCCC1. The molecule has 2 atom stereocenters. The fourth-order valence-corrected chi connectivity index (χ4v) is 5.88. The van der Waals surface area contributed by atoms with Gasteiger partial charge >= 0.3 is 5.97 Å². The molecule has 1 fully saturated rings. The summed E-state index contributed by atoms with van der Waals surface area (Å²) in [5.41, 5.74) is 2.56. The first kappa shape index (κ1) is 26.9. The van der Waals surface area contributed by atoms with Crippen LogP contribution in [0.25, 0.3) is 0 Å². The molecule has 2 amide bonds. The van der Waals surface area contributed by atoms with Crippen molar-refractivity contribution in [3.8, 4) is 0 Å². The summed E-state index contributed by atoms with van der Waals surface area (Å²) in [4.78, 5) is 42.8. The van der Waals surface area contributed by atoms with Crippen LogP contribution in [0, 0.1) is 5.41 Å². The van der Waals surface area contributed by atoms with Crippen LogP contribution in [0.2, 0.25) is 0 Å². The lowest BCUT2D eigenvalue weighted by atomic mass is 9.84. The van der Waals surface area contributed by atoms with E-state index in [1.807, 2.05) is 60.4 Å². The molecule has 2 aromatic rings. The van der Waals surface area contributed by atoms with Crippen molar-refractivity contribution in [2.45, 2.75) is 90.6 Å². The van der Waals surface area contributed by atoms with Crippen LogP contribution in [-0.4, -0.2) is 46.4 Å². The minimum absolute atomic E-state index is 0.0774. The molecule has 0 saturated heterocycles. The van der Waals surface area contributed by atoms with E-state index in [1.54, 1.807) is 13.8 Å².